The quantitative estimate of drug-likeness (QED) is 0.470. The van der Waals surface area contributed by atoms with Gasteiger partial charge in [0.15, 0.2) is 5.78 Å². The van der Waals surface area contributed by atoms with E-state index in [9.17, 15) is 18.8 Å². The molecule has 0 heterocycles. The molecule has 2 rings (SSSR count). The summed E-state index contributed by atoms with van der Waals surface area (Å²) in [6.45, 7) is 9.08. The van der Waals surface area contributed by atoms with Crippen molar-refractivity contribution in [2.75, 3.05) is 6.54 Å². The van der Waals surface area contributed by atoms with Crippen LogP contribution >= 0.6 is 0 Å². The summed E-state index contributed by atoms with van der Waals surface area (Å²) in [7, 11) is 0. The van der Waals surface area contributed by atoms with Gasteiger partial charge in [-0.2, -0.15) is 0 Å². The predicted octanol–water partition coefficient (Wildman–Crippen LogP) is 5.16. The first-order valence-corrected chi connectivity index (χ1v) is 11.6. The van der Waals surface area contributed by atoms with Gasteiger partial charge < -0.3 is 15.4 Å². The van der Waals surface area contributed by atoms with E-state index in [0.717, 1.165) is 5.56 Å². The Morgan fingerprint density at radius 3 is 2.32 bits per heavy atom. The summed E-state index contributed by atoms with van der Waals surface area (Å²) < 4.78 is 19.8. The van der Waals surface area contributed by atoms with Gasteiger partial charge in [0.1, 0.15) is 11.4 Å². The van der Waals surface area contributed by atoms with Crippen LogP contribution in [-0.4, -0.2) is 36.0 Å². The molecule has 0 bridgehead atoms. The maximum Gasteiger partial charge on any atom is 0.407 e. The van der Waals surface area contributed by atoms with Crippen LogP contribution in [0.3, 0.4) is 0 Å². The molecule has 2 atom stereocenters. The highest BCUT2D eigenvalue weighted by molar-refractivity contribution is 5.96. The zero-order valence-corrected chi connectivity index (χ0v) is 20.6. The zero-order chi connectivity index (χ0) is 25.3. The number of nitrogens with one attached hydrogen (secondary N) is 2. The van der Waals surface area contributed by atoms with E-state index in [1.54, 1.807) is 33.8 Å². The van der Waals surface area contributed by atoms with E-state index < -0.39 is 23.6 Å². The van der Waals surface area contributed by atoms with E-state index >= 15 is 0 Å². The second-order valence-corrected chi connectivity index (χ2v) is 9.46. The molecule has 0 spiro atoms. The fraction of sp³-hybridized carbons (Fsp3) is 0.444. The average Bonchev–Trinajstić information content (AvgIpc) is 2.76. The standard InChI is InChI=1S/C27H35FN2O4/c1-6-24(31)22-13-12-19(16-23(22)28)15-21(30-26(33)34-27(3,4)5)17-29-25(32)14-18(2)20-10-8-7-9-11-20/h7-13,16,18,21H,6,14-15,17H2,1-5H3,(H,29,32)(H,30,33)/t18-,21-/m0/s1. The van der Waals surface area contributed by atoms with E-state index in [1.807, 2.05) is 37.3 Å². The van der Waals surface area contributed by atoms with Crippen molar-refractivity contribution in [1.29, 1.82) is 0 Å². The first kappa shape index (κ1) is 27.0. The number of halogens is 1. The third kappa shape index (κ3) is 8.96. The summed E-state index contributed by atoms with van der Waals surface area (Å²) in [4.78, 5) is 36.8. The maximum absolute atomic E-state index is 14.4. The van der Waals surface area contributed by atoms with Gasteiger partial charge in [-0.3, -0.25) is 9.59 Å². The van der Waals surface area contributed by atoms with Gasteiger partial charge in [0, 0.05) is 19.4 Å². The first-order valence-electron chi connectivity index (χ1n) is 11.6. The SMILES string of the molecule is CCC(=O)c1ccc(C[C@@H](CNC(=O)C[C@H](C)c2ccccc2)NC(=O)OC(C)(C)C)cc1F. The number of rotatable bonds is 10. The lowest BCUT2D eigenvalue weighted by Gasteiger charge is -2.24. The van der Waals surface area contributed by atoms with Crippen molar-refractivity contribution in [3.05, 3.63) is 71.0 Å². The van der Waals surface area contributed by atoms with Gasteiger partial charge in [-0.05, 0) is 56.4 Å². The minimum Gasteiger partial charge on any atom is -0.444 e. The minimum atomic E-state index is -0.683. The van der Waals surface area contributed by atoms with Gasteiger partial charge in [0.05, 0.1) is 11.6 Å². The van der Waals surface area contributed by atoms with Crippen LogP contribution in [0.2, 0.25) is 0 Å². The number of carbonyl (C=O) groups is 3. The van der Waals surface area contributed by atoms with Gasteiger partial charge in [0.2, 0.25) is 5.91 Å². The topological polar surface area (TPSA) is 84.5 Å². The molecule has 2 amide bonds. The molecule has 0 radical (unpaired) electrons. The monoisotopic (exact) mass is 470 g/mol. The van der Waals surface area contributed by atoms with Gasteiger partial charge in [-0.1, -0.05) is 50.2 Å². The van der Waals surface area contributed by atoms with Crippen molar-refractivity contribution in [2.24, 2.45) is 0 Å². The number of hydrogen-bond donors (Lipinski definition) is 2. The second kappa shape index (κ2) is 12.3. The molecular formula is C27H35FN2O4. The molecule has 0 unspecified atom stereocenters. The molecule has 0 aliphatic rings. The van der Waals surface area contributed by atoms with Crippen molar-refractivity contribution in [3.63, 3.8) is 0 Å². The van der Waals surface area contributed by atoms with Crippen LogP contribution in [0.25, 0.3) is 0 Å². The zero-order valence-electron chi connectivity index (χ0n) is 20.6. The largest absolute Gasteiger partial charge is 0.444 e. The van der Waals surface area contributed by atoms with E-state index in [0.29, 0.717) is 12.0 Å². The Hall–Kier alpha value is -3.22. The predicted molar refractivity (Wildman–Crippen MR) is 130 cm³/mol. The molecule has 0 aromatic heterocycles. The number of ketones is 1. The molecule has 2 aromatic rings. The Balaban J connectivity index is 2.06. The van der Waals surface area contributed by atoms with Crippen LogP contribution < -0.4 is 10.6 Å². The molecule has 34 heavy (non-hydrogen) atoms. The molecule has 2 N–H and O–H groups in total. The van der Waals surface area contributed by atoms with Gasteiger partial charge in [-0.15, -0.1) is 0 Å². The van der Waals surface area contributed by atoms with Crippen molar-refractivity contribution >= 4 is 17.8 Å². The number of carbonyl (C=O) groups excluding carboxylic acids is 3. The molecule has 0 aliphatic heterocycles. The Bertz CT molecular complexity index is 986. The highest BCUT2D eigenvalue weighted by atomic mass is 19.1. The summed E-state index contributed by atoms with van der Waals surface area (Å²) in [5.74, 6) is -0.980. The fourth-order valence-electron chi connectivity index (χ4n) is 3.52. The van der Waals surface area contributed by atoms with E-state index in [1.165, 1.54) is 12.1 Å². The fourth-order valence-corrected chi connectivity index (χ4v) is 3.52. The highest BCUT2D eigenvalue weighted by Gasteiger charge is 2.21. The molecule has 6 nitrogen and oxygen atoms in total. The Morgan fingerprint density at radius 2 is 1.74 bits per heavy atom. The third-order valence-electron chi connectivity index (χ3n) is 5.26. The number of alkyl carbamates (subject to hydrolysis) is 1. The molecule has 0 saturated carbocycles. The van der Waals surface area contributed by atoms with Gasteiger partial charge >= 0.3 is 6.09 Å². The summed E-state index contributed by atoms with van der Waals surface area (Å²) >= 11 is 0. The van der Waals surface area contributed by atoms with Crippen LogP contribution in [0, 0.1) is 5.82 Å². The molecule has 184 valence electrons. The van der Waals surface area contributed by atoms with E-state index in [-0.39, 0.29) is 42.6 Å². The summed E-state index contributed by atoms with van der Waals surface area (Å²) in [5.41, 5.74) is 1.03. The molecule has 0 aliphatic carbocycles. The number of amides is 2. The summed E-state index contributed by atoms with van der Waals surface area (Å²) in [6, 6.07) is 13.6. The van der Waals surface area contributed by atoms with E-state index in [2.05, 4.69) is 10.6 Å². The van der Waals surface area contributed by atoms with Crippen LogP contribution in [0.15, 0.2) is 48.5 Å². The lowest BCUT2D eigenvalue weighted by Crippen LogP contribution is -2.46. The van der Waals surface area contributed by atoms with E-state index in [4.69, 9.17) is 4.74 Å². The normalized spacial score (nSPS) is 13.0. The second-order valence-electron chi connectivity index (χ2n) is 9.46. The molecule has 7 heteroatoms. The molecule has 2 aromatic carbocycles. The Kier molecular flexibility index (Phi) is 9.78. The van der Waals surface area contributed by atoms with Gasteiger partial charge in [-0.25, -0.2) is 9.18 Å². The minimum absolute atomic E-state index is 0.0382. The van der Waals surface area contributed by atoms with Crippen molar-refractivity contribution in [2.45, 2.75) is 71.4 Å². The van der Waals surface area contributed by atoms with Gasteiger partial charge in [0.25, 0.3) is 0 Å². The Labute approximate surface area is 201 Å². The molecule has 0 fully saturated rings. The highest BCUT2D eigenvalue weighted by Crippen LogP contribution is 2.18. The smallest absolute Gasteiger partial charge is 0.407 e. The third-order valence-corrected chi connectivity index (χ3v) is 5.26. The van der Waals surface area contributed by atoms with Crippen LogP contribution in [0.5, 0.6) is 0 Å². The lowest BCUT2D eigenvalue weighted by atomic mass is 9.97. The Morgan fingerprint density at radius 1 is 1.06 bits per heavy atom. The van der Waals surface area contributed by atoms with Crippen LogP contribution in [-0.2, 0) is 16.0 Å². The van der Waals surface area contributed by atoms with Crippen molar-refractivity contribution in [3.8, 4) is 0 Å². The number of Topliss-reactive ketones (excluding diaryl/α,β-unsaturated/α-hetero) is 1. The number of hydrogen-bond acceptors (Lipinski definition) is 4. The first-order chi connectivity index (χ1) is 16.0. The number of ether oxygens (including phenoxy) is 1. The molecular weight excluding hydrogens is 435 g/mol. The van der Waals surface area contributed by atoms with Crippen molar-refractivity contribution < 1.29 is 23.5 Å². The van der Waals surface area contributed by atoms with Crippen LogP contribution in [0.1, 0.15) is 74.9 Å². The summed E-state index contributed by atoms with van der Waals surface area (Å²) in [6.07, 6.45) is 0.145. The lowest BCUT2D eigenvalue weighted by molar-refractivity contribution is -0.121. The molecule has 0 saturated heterocycles. The average molecular weight is 471 g/mol. The number of benzene rings is 2. The van der Waals surface area contributed by atoms with Crippen LogP contribution in [0.4, 0.5) is 9.18 Å². The van der Waals surface area contributed by atoms with Crippen molar-refractivity contribution in [1.82, 2.24) is 10.6 Å². The summed E-state index contributed by atoms with van der Waals surface area (Å²) in [5, 5.41) is 5.63. The maximum atomic E-state index is 14.4.